The zero-order valence-corrected chi connectivity index (χ0v) is 19.1. The molecule has 180 valence electrons. The Morgan fingerprint density at radius 2 is 1.85 bits per heavy atom. The maximum atomic E-state index is 13.0. The van der Waals surface area contributed by atoms with E-state index in [1.165, 1.54) is 6.07 Å². The highest BCUT2D eigenvalue weighted by atomic mass is 16.7. The fourth-order valence-electron chi connectivity index (χ4n) is 3.75. The Bertz CT molecular complexity index is 1290. The van der Waals surface area contributed by atoms with Crippen molar-refractivity contribution in [3.8, 4) is 11.5 Å². The standard InChI is InChI=1S/C24H27N3O7/c1-3-31-21(32-4-2)9-10-25-22(28)16-6-7-17-18(12-16)26-24(30)27(23(17)29)13-15-5-8-19-20(11-15)34-14-33-19/h5-8,11-12,21H,3-4,9-10,13-14H2,1-2H3,(H,25,28)(H,26,30). The molecule has 0 saturated carbocycles. The number of amides is 1. The maximum absolute atomic E-state index is 13.0. The summed E-state index contributed by atoms with van der Waals surface area (Å²) in [6.45, 7) is 5.36. The molecule has 0 unspecified atom stereocenters. The van der Waals surface area contributed by atoms with Gasteiger partial charge in [0, 0.05) is 31.7 Å². The zero-order valence-electron chi connectivity index (χ0n) is 19.1. The summed E-state index contributed by atoms with van der Waals surface area (Å²) < 4.78 is 22.7. The number of nitrogens with zero attached hydrogens (tertiary/aromatic N) is 1. The summed E-state index contributed by atoms with van der Waals surface area (Å²) in [5.41, 5.74) is 0.347. The van der Waals surface area contributed by atoms with Crippen LogP contribution in [0.5, 0.6) is 11.5 Å². The molecule has 0 fully saturated rings. The van der Waals surface area contributed by atoms with Crippen LogP contribution in [-0.2, 0) is 16.0 Å². The lowest BCUT2D eigenvalue weighted by molar-refractivity contribution is -0.138. The number of hydrogen-bond acceptors (Lipinski definition) is 7. The van der Waals surface area contributed by atoms with Crippen LogP contribution in [0, 0.1) is 0 Å². The second kappa shape index (κ2) is 10.5. The van der Waals surface area contributed by atoms with E-state index < -0.39 is 11.2 Å². The molecule has 0 saturated heterocycles. The minimum absolute atomic E-state index is 0.0732. The predicted molar refractivity (Wildman–Crippen MR) is 124 cm³/mol. The van der Waals surface area contributed by atoms with Gasteiger partial charge in [0.05, 0.1) is 17.4 Å². The number of benzene rings is 2. The van der Waals surface area contributed by atoms with Crippen LogP contribution in [0.3, 0.4) is 0 Å². The molecule has 0 atom stereocenters. The Hall–Kier alpha value is -3.63. The van der Waals surface area contributed by atoms with Crippen molar-refractivity contribution >= 4 is 16.8 Å². The van der Waals surface area contributed by atoms with Gasteiger partial charge in [-0.2, -0.15) is 0 Å². The smallest absolute Gasteiger partial charge is 0.329 e. The molecule has 0 spiro atoms. The molecule has 0 bridgehead atoms. The number of rotatable bonds is 10. The molecule has 3 aromatic rings. The summed E-state index contributed by atoms with van der Waals surface area (Å²) in [6.07, 6.45) is 0.119. The number of carbonyl (C=O) groups excluding carboxylic acids is 1. The van der Waals surface area contributed by atoms with Crippen molar-refractivity contribution in [2.45, 2.75) is 33.1 Å². The molecule has 4 rings (SSSR count). The molecule has 1 aromatic heterocycles. The molecule has 10 heteroatoms. The minimum Gasteiger partial charge on any atom is -0.454 e. The van der Waals surface area contributed by atoms with Gasteiger partial charge in [0.1, 0.15) is 0 Å². The molecule has 2 heterocycles. The molecule has 0 radical (unpaired) electrons. The highest BCUT2D eigenvalue weighted by molar-refractivity contribution is 5.97. The highest BCUT2D eigenvalue weighted by Crippen LogP contribution is 2.32. The van der Waals surface area contributed by atoms with Gasteiger partial charge in [0.15, 0.2) is 17.8 Å². The van der Waals surface area contributed by atoms with Gasteiger partial charge in [-0.1, -0.05) is 6.07 Å². The monoisotopic (exact) mass is 469 g/mol. The van der Waals surface area contributed by atoms with Gasteiger partial charge in [0.2, 0.25) is 6.79 Å². The molecular formula is C24H27N3O7. The van der Waals surface area contributed by atoms with Gasteiger partial charge in [-0.15, -0.1) is 0 Å². The molecule has 2 N–H and O–H groups in total. The number of nitrogens with one attached hydrogen (secondary N) is 2. The minimum atomic E-state index is -0.566. The van der Waals surface area contributed by atoms with Crippen LogP contribution in [0.1, 0.15) is 36.2 Å². The van der Waals surface area contributed by atoms with E-state index in [0.29, 0.717) is 54.1 Å². The first-order chi connectivity index (χ1) is 16.5. The Morgan fingerprint density at radius 1 is 1.09 bits per heavy atom. The Kier molecular flexibility index (Phi) is 7.29. The Labute approximate surface area is 195 Å². The molecule has 1 aliphatic rings. The van der Waals surface area contributed by atoms with Crippen LogP contribution >= 0.6 is 0 Å². The predicted octanol–water partition coefficient (Wildman–Crippen LogP) is 1.99. The van der Waals surface area contributed by atoms with Crippen molar-refractivity contribution in [2.24, 2.45) is 0 Å². The molecule has 0 aliphatic carbocycles. The summed E-state index contributed by atoms with van der Waals surface area (Å²) in [4.78, 5) is 40.9. The van der Waals surface area contributed by atoms with Crippen LogP contribution in [0.25, 0.3) is 10.9 Å². The Balaban J connectivity index is 1.49. The Morgan fingerprint density at radius 3 is 2.62 bits per heavy atom. The van der Waals surface area contributed by atoms with E-state index >= 15 is 0 Å². The fraction of sp³-hybridized carbons (Fsp3) is 0.375. The van der Waals surface area contributed by atoms with Crippen LogP contribution in [0.15, 0.2) is 46.0 Å². The number of aromatic nitrogens is 2. The van der Waals surface area contributed by atoms with Crippen molar-refractivity contribution in [3.05, 3.63) is 68.4 Å². The van der Waals surface area contributed by atoms with E-state index in [2.05, 4.69) is 10.3 Å². The second-order valence-electron chi connectivity index (χ2n) is 7.65. The first kappa shape index (κ1) is 23.5. The molecule has 1 aliphatic heterocycles. The second-order valence-corrected chi connectivity index (χ2v) is 7.65. The average molecular weight is 469 g/mol. The lowest BCUT2D eigenvalue weighted by atomic mass is 10.1. The van der Waals surface area contributed by atoms with E-state index in [9.17, 15) is 14.4 Å². The third kappa shape index (κ3) is 5.13. The van der Waals surface area contributed by atoms with Crippen molar-refractivity contribution in [1.29, 1.82) is 0 Å². The average Bonchev–Trinajstić information content (AvgIpc) is 3.29. The fourth-order valence-corrected chi connectivity index (χ4v) is 3.75. The SMILES string of the molecule is CCOC(CCNC(=O)c1ccc2c(=O)n(Cc3ccc4c(c3)OCO4)c(=O)[nH]c2c1)OCC. The van der Waals surface area contributed by atoms with Crippen molar-refractivity contribution in [1.82, 2.24) is 14.9 Å². The van der Waals surface area contributed by atoms with Crippen molar-refractivity contribution in [3.63, 3.8) is 0 Å². The third-order valence-electron chi connectivity index (χ3n) is 5.39. The summed E-state index contributed by atoms with van der Waals surface area (Å²) in [5.74, 6) is 0.881. The molecule has 1 amide bonds. The summed E-state index contributed by atoms with van der Waals surface area (Å²) in [6, 6.07) is 9.87. The van der Waals surface area contributed by atoms with Crippen LogP contribution in [0.2, 0.25) is 0 Å². The van der Waals surface area contributed by atoms with Gasteiger partial charge < -0.3 is 29.2 Å². The topological polar surface area (TPSA) is 121 Å². The molecule has 10 nitrogen and oxygen atoms in total. The summed E-state index contributed by atoms with van der Waals surface area (Å²) in [5, 5.41) is 3.12. The maximum Gasteiger partial charge on any atom is 0.329 e. The first-order valence-electron chi connectivity index (χ1n) is 11.2. The van der Waals surface area contributed by atoms with E-state index in [-0.39, 0.29) is 25.5 Å². The number of hydrogen-bond donors (Lipinski definition) is 2. The zero-order chi connectivity index (χ0) is 24.1. The van der Waals surface area contributed by atoms with Crippen molar-refractivity contribution < 1.29 is 23.7 Å². The summed E-state index contributed by atoms with van der Waals surface area (Å²) in [7, 11) is 0. The van der Waals surface area contributed by atoms with Gasteiger partial charge in [0.25, 0.3) is 11.5 Å². The van der Waals surface area contributed by atoms with E-state index in [0.717, 1.165) is 10.1 Å². The third-order valence-corrected chi connectivity index (χ3v) is 5.39. The van der Waals surface area contributed by atoms with Crippen LogP contribution < -0.4 is 26.0 Å². The van der Waals surface area contributed by atoms with E-state index in [4.69, 9.17) is 18.9 Å². The number of H-pyrrole nitrogens is 1. The van der Waals surface area contributed by atoms with Gasteiger partial charge in [-0.05, 0) is 49.7 Å². The lowest BCUT2D eigenvalue weighted by Crippen LogP contribution is -2.35. The number of aromatic amines is 1. The molecule has 2 aromatic carbocycles. The highest BCUT2D eigenvalue weighted by Gasteiger charge is 2.16. The first-order valence-corrected chi connectivity index (χ1v) is 11.2. The number of ether oxygens (including phenoxy) is 4. The van der Waals surface area contributed by atoms with Gasteiger partial charge >= 0.3 is 5.69 Å². The quantitative estimate of drug-likeness (QED) is 0.436. The van der Waals surface area contributed by atoms with Crippen molar-refractivity contribution in [2.75, 3.05) is 26.6 Å². The van der Waals surface area contributed by atoms with E-state index in [1.54, 1.807) is 30.3 Å². The van der Waals surface area contributed by atoms with Crippen LogP contribution in [-0.4, -0.2) is 48.3 Å². The van der Waals surface area contributed by atoms with Gasteiger partial charge in [-0.25, -0.2) is 4.79 Å². The number of fused-ring (bicyclic) bond motifs is 2. The lowest BCUT2D eigenvalue weighted by Gasteiger charge is -2.17. The van der Waals surface area contributed by atoms with E-state index in [1.807, 2.05) is 13.8 Å². The molecular weight excluding hydrogens is 442 g/mol. The number of carbonyl (C=O) groups is 1. The van der Waals surface area contributed by atoms with Gasteiger partial charge in [-0.3, -0.25) is 14.2 Å². The van der Waals surface area contributed by atoms with Crippen LogP contribution in [0.4, 0.5) is 0 Å². The largest absolute Gasteiger partial charge is 0.454 e. The normalized spacial score (nSPS) is 12.4. The summed E-state index contributed by atoms with van der Waals surface area (Å²) >= 11 is 0. The molecule has 34 heavy (non-hydrogen) atoms.